The lowest BCUT2D eigenvalue weighted by atomic mass is 9.50. The van der Waals surface area contributed by atoms with Crippen LogP contribution >= 0.6 is 0 Å². The number of hydrogen-bond donors (Lipinski definition) is 0. The Hall–Kier alpha value is -8.53. The van der Waals surface area contributed by atoms with E-state index in [1.54, 1.807) is 0 Å². The van der Waals surface area contributed by atoms with E-state index >= 15 is 0 Å². The molecule has 1 aromatic heterocycles. The van der Waals surface area contributed by atoms with Gasteiger partial charge in [-0.05, 0) is 122 Å². The zero-order valence-corrected chi connectivity index (χ0v) is 36.3. The Kier molecular flexibility index (Phi) is 10.1. The molecular formula is C63H45NO2. The summed E-state index contributed by atoms with van der Waals surface area (Å²) in [5.41, 5.74) is 13.4. The lowest BCUT2D eigenvalue weighted by molar-refractivity contribution is 0.615. The average Bonchev–Trinajstić information content (AvgIpc) is 3.39. The molecule has 11 rings (SSSR count). The number of anilines is 2. The van der Waals surface area contributed by atoms with Crippen molar-refractivity contribution >= 4 is 33.3 Å². The second kappa shape index (κ2) is 16.5. The van der Waals surface area contributed by atoms with Crippen LogP contribution in [0.5, 0.6) is 0 Å². The Morgan fingerprint density at radius 3 is 1.44 bits per heavy atom. The fraction of sp³-hybridized carbons (Fsp3) is 0.0317. The molecule has 66 heavy (non-hydrogen) atoms. The summed E-state index contributed by atoms with van der Waals surface area (Å²) in [5.74, 6) is 0. The number of benzene rings is 9. The summed E-state index contributed by atoms with van der Waals surface area (Å²) >= 11 is 0. The molecule has 0 radical (unpaired) electrons. The van der Waals surface area contributed by atoms with Crippen molar-refractivity contribution in [2.24, 2.45) is 0 Å². The monoisotopic (exact) mass is 847 g/mol. The van der Waals surface area contributed by atoms with E-state index in [0.717, 1.165) is 61.6 Å². The van der Waals surface area contributed by atoms with Gasteiger partial charge in [-0.25, -0.2) is 0 Å². The molecule has 0 fully saturated rings. The quantitative estimate of drug-likeness (QED) is 0.102. The van der Waals surface area contributed by atoms with Crippen LogP contribution in [-0.4, -0.2) is 0 Å². The van der Waals surface area contributed by atoms with Crippen LogP contribution in [0.2, 0.25) is 0 Å². The van der Waals surface area contributed by atoms with Gasteiger partial charge < -0.3 is 9.32 Å². The summed E-state index contributed by atoms with van der Waals surface area (Å²) in [5, 5.41) is 1.11. The van der Waals surface area contributed by atoms with Crippen LogP contribution < -0.4 is 10.3 Å². The molecule has 0 unspecified atom stereocenters. The first-order valence-electron chi connectivity index (χ1n) is 22.4. The predicted molar refractivity (Wildman–Crippen MR) is 273 cm³/mol. The van der Waals surface area contributed by atoms with Crippen molar-refractivity contribution in [3.63, 3.8) is 0 Å². The summed E-state index contributed by atoms with van der Waals surface area (Å²) in [7, 11) is 0. The van der Waals surface area contributed by atoms with Crippen LogP contribution in [-0.2, 0) is 10.8 Å². The molecule has 0 N–H and O–H groups in total. The maximum absolute atomic E-state index is 14.1. The molecule has 1 aliphatic rings. The number of para-hydroxylation sites is 2. The van der Waals surface area contributed by atoms with Crippen molar-refractivity contribution in [3.05, 3.63) is 322 Å². The van der Waals surface area contributed by atoms with E-state index in [-0.39, 0.29) is 5.43 Å². The first-order chi connectivity index (χ1) is 32.6. The molecule has 0 spiro atoms. The highest BCUT2D eigenvalue weighted by Crippen LogP contribution is 2.61. The number of nitrogens with zero attached hydrogens (tertiary/aromatic N) is 1. The Balaban J connectivity index is 1.32. The number of rotatable bonds is 10. The van der Waals surface area contributed by atoms with Gasteiger partial charge >= 0.3 is 0 Å². The average molecular weight is 848 g/mol. The van der Waals surface area contributed by atoms with E-state index in [4.69, 9.17) is 4.42 Å². The van der Waals surface area contributed by atoms with Crippen molar-refractivity contribution in [1.29, 1.82) is 0 Å². The zero-order valence-electron chi connectivity index (χ0n) is 36.3. The number of hydrogen-bond acceptors (Lipinski definition) is 3. The third kappa shape index (κ3) is 6.23. The molecule has 3 heteroatoms. The fourth-order valence-corrected chi connectivity index (χ4v) is 10.7. The Bertz CT molecular complexity index is 3440. The summed E-state index contributed by atoms with van der Waals surface area (Å²) in [6.07, 6.45) is 5.72. The third-order valence-corrected chi connectivity index (χ3v) is 13.4. The zero-order chi connectivity index (χ0) is 44.7. The van der Waals surface area contributed by atoms with Gasteiger partial charge in [-0.2, -0.15) is 0 Å². The van der Waals surface area contributed by atoms with E-state index in [1.807, 2.05) is 60.7 Å². The van der Waals surface area contributed by atoms with Crippen LogP contribution in [0.4, 0.5) is 11.4 Å². The molecule has 9 aromatic carbocycles. The molecule has 0 aliphatic heterocycles. The minimum absolute atomic E-state index is 0.0458. The van der Waals surface area contributed by atoms with Gasteiger partial charge in [-0.1, -0.05) is 195 Å². The van der Waals surface area contributed by atoms with Crippen LogP contribution in [0.25, 0.3) is 33.1 Å². The topological polar surface area (TPSA) is 33.5 Å². The summed E-state index contributed by atoms with van der Waals surface area (Å²) in [6.45, 7) is 8.39. The van der Waals surface area contributed by atoms with Crippen molar-refractivity contribution < 1.29 is 4.42 Å². The van der Waals surface area contributed by atoms with E-state index in [9.17, 15) is 4.79 Å². The molecule has 0 amide bonds. The first kappa shape index (κ1) is 40.3. The minimum Gasteiger partial charge on any atom is -0.456 e. The highest BCUT2D eigenvalue weighted by atomic mass is 16.3. The largest absolute Gasteiger partial charge is 0.456 e. The third-order valence-electron chi connectivity index (χ3n) is 13.4. The molecule has 314 valence electrons. The summed E-state index contributed by atoms with van der Waals surface area (Å²) in [4.78, 5) is 16.4. The highest BCUT2D eigenvalue weighted by Gasteiger charge is 2.54. The normalized spacial score (nSPS) is 13.7. The van der Waals surface area contributed by atoms with Gasteiger partial charge in [-0.3, -0.25) is 4.79 Å². The second-order valence-corrected chi connectivity index (χ2v) is 16.8. The molecule has 0 bridgehead atoms. The highest BCUT2D eigenvalue weighted by molar-refractivity contribution is 5.92. The maximum Gasteiger partial charge on any atom is 0.200 e. The molecule has 0 saturated carbocycles. The number of fused-ring (bicyclic) bond motifs is 4. The lowest BCUT2D eigenvalue weighted by Gasteiger charge is -2.51. The Labute approximate surface area is 385 Å². The van der Waals surface area contributed by atoms with Crippen molar-refractivity contribution in [3.8, 4) is 11.1 Å². The van der Waals surface area contributed by atoms with Crippen molar-refractivity contribution in [1.82, 2.24) is 0 Å². The number of allylic oxidation sites excluding steroid dienone is 3. The van der Waals surface area contributed by atoms with E-state index in [0.29, 0.717) is 21.9 Å². The molecule has 10 aromatic rings. The first-order valence-corrected chi connectivity index (χ1v) is 22.4. The lowest BCUT2D eigenvalue weighted by Crippen LogP contribution is -2.45. The van der Waals surface area contributed by atoms with E-state index < -0.39 is 10.8 Å². The maximum atomic E-state index is 14.1. The van der Waals surface area contributed by atoms with E-state index in [1.165, 1.54) is 11.1 Å². The predicted octanol–water partition coefficient (Wildman–Crippen LogP) is 15.1. The van der Waals surface area contributed by atoms with Gasteiger partial charge in [0.05, 0.1) is 21.6 Å². The van der Waals surface area contributed by atoms with Gasteiger partial charge in [0.1, 0.15) is 11.2 Å². The molecule has 1 heterocycles. The van der Waals surface area contributed by atoms with E-state index in [2.05, 4.69) is 206 Å². The Morgan fingerprint density at radius 2 is 0.879 bits per heavy atom. The SMILES string of the molecule is C=C/C=C(\C=C)N(c1ccccc1)c1ccc2c(c1)C(c1ccccc1)(c1ccccc1)c1cc(-c3ccc4oc5ccccc5c(=O)c4c3)ccc1C2(c1ccccc1)c1ccccc1. The summed E-state index contributed by atoms with van der Waals surface area (Å²) in [6, 6.07) is 81.6. The molecular weight excluding hydrogens is 803 g/mol. The molecule has 0 saturated heterocycles. The molecule has 0 atom stereocenters. The summed E-state index contributed by atoms with van der Waals surface area (Å²) < 4.78 is 6.30. The standard InChI is InChI=1S/C63H45NO2/c1-3-22-50(4-2)64(51-31-18-9-19-32-51)52-37-39-56-58(43-52)63(48-27-14-7-15-28-48,49-29-16-8-17-30-49)57-42-45(44-36-40-60-54(41-44)61(65)53-33-20-21-34-59(53)66-60)35-38-55(57)62(56,46-23-10-5-11-24-46)47-25-12-6-13-26-47/h3-43H,1-2H2/b50-22+. The van der Waals surface area contributed by atoms with Crippen LogP contribution in [0.1, 0.15) is 44.5 Å². The minimum atomic E-state index is -0.850. The van der Waals surface area contributed by atoms with Crippen molar-refractivity contribution in [2.45, 2.75) is 10.8 Å². The Morgan fingerprint density at radius 1 is 0.424 bits per heavy atom. The van der Waals surface area contributed by atoms with Crippen LogP contribution in [0, 0.1) is 0 Å². The van der Waals surface area contributed by atoms with Crippen LogP contribution in [0.15, 0.2) is 277 Å². The smallest absolute Gasteiger partial charge is 0.200 e. The van der Waals surface area contributed by atoms with Gasteiger partial charge in [0, 0.05) is 17.1 Å². The fourth-order valence-electron chi connectivity index (χ4n) is 10.7. The van der Waals surface area contributed by atoms with Crippen LogP contribution in [0.3, 0.4) is 0 Å². The van der Waals surface area contributed by atoms with Gasteiger partial charge in [-0.15, -0.1) is 0 Å². The van der Waals surface area contributed by atoms with Crippen molar-refractivity contribution in [2.75, 3.05) is 4.90 Å². The molecule has 3 nitrogen and oxygen atoms in total. The van der Waals surface area contributed by atoms with Gasteiger partial charge in [0.25, 0.3) is 0 Å². The van der Waals surface area contributed by atoms with Gasteiger partial charge in [0.2, 0.25) is 5.43 Å². The van der Waals surface area contributed by atoms with Gasteiger partial charge in [0.15, 0.2) is 0 Å². The second-order valence-electron chi connectivity index (χ2n) is 16.8. The molecule has 1 aliphatic carbocycles.